The summed E-state index contributed by atoms with van der Waals surface area (Å²) in [7, 11) is 0. The molecule has 1 atom stereocenters. The zero-order valence-electron chi connectivity index (χ0n) is 13.0. The van der Waals surface area contributed by atoms with Gasteiger partial charge in [-0.15, -0.1) is 0 Å². The second-order valence-corrected chi connectivity index (χ2v) is 5.49. The number of carbonyl (C=O) groups is 1. The third-order valence-corrected chi connectivity index (χ3v) is 3.73. The predicted molar refractivity (Wildman–Crippen MR) is 87.4 cm³/mol. The van der Waals surface area contributed by atoms with Gasteiger partial charge in [-0.1, -0.05) is 29.4 Å². The van der Waals surface area contributed by atoms with Gasteiger partial charge in [0, 0.05) is 30.7 Å². The maximum absolute atomic E-state index is 13.2. The van der Waals surface area contributed by atoms with Crippen LogP contribution in [0, 0.1) is 15.9 Å². The summed E-state index contributed by atoms with van der Waals surface area (Å²) in [6.07, 6.45) is -0.536. The molecule has 1 N–H and O–H groups in total. The van der Waals surface area contributed by atoms with Crippen LogP contribution in [0.25, 0.3) is 0 Å². The number of benzene rings is 2. The summed E-state index contributed by atoms with van der Waals surface area (Å²) in [6, 6.07) is 11.8. The van der Waals surface area contributed by atoms with Crippen LogP contribution in [0.3, 0.4) is 0 Å². The lowest BCUT2D eigenvalue weighted by Crippen LogP contribution is -2.34. The molecule has 8 heteroatoms. The molecule has 0 bridgehead atoms. The molecule has 25 heavy (non-hydrogen) atoms. The van der Waals surface area contributed by atoms with Gasteiger partial charge in [0.05, 0.1) is 10.6 Å². The van der Waals surface area contributed by atoms with E-state index in [4.69, 9.17) is 4.84 Å². The minimum absolute atomic E-state index is 0.0117. The highest BCUT2D eigenvalue weighted by Gasteiger charge is 2.28. The highest BCUT2D eigenvalue weighted by Crippen LogP contribution is 2.18. The quantitative estimate of drug-likeness (QED) is 0.667. The van der Waals surface area contributed by atoms with Gasteiger partial charge in [-0.05, 0) is 17.7 Å². The summed E-state index contributed by atoms with van der Waals surface area (Å²) < 4.78 is 13.2. The van der Waals surface area contributed by atoms with Crippen molar-refractivity contribution in [3.63, 3.8) is 0 Å². The summed E-state index contributed by atoms with van der Waals surface area (Å²) in [6.45, 7) is 0.214. The fraction of sp³-hybridized carbons (Fsp3) is 0.176. The van der Waals surface area contributed by atoms with Crippen LogP contribution < -0.4 is 5.32 Å². The largest absolute Gasteiger partial charge is 0.382 e. The van der Waals surface area contributed by atoms with E-state index in [1.165, 1.54) is 24.3 Å². The Labute approximate surface area is 142 Å². The Bertz CT molecular complexity index is 836. The van der Waals surface area contributed by atoms with Crippen LogP contribution in [-0.2, 0) is 16.2 Å². The molecule has 1 aliphatic rings. The second kappa shape index (κ2) is 7.08. The average Bonchev–Trinajstić information content (AvgIpc) is 3.10. The number of hydrogen-bond acceptors (Lipinski definition) is 5. The monoisotopic (exact) mass is 343 g/mol. The SMILES string of the molecule is O=C(NCc1ccc([N+](=O)[O-])cc1)C1CC(c2cccc(F)c2)=NO1. The Hall–Kier alpha value is -3.29. The van der Waals surface area contributed by atoms with Gasteiger partial charge in [0.25, 0.3) is 11.6 Å². The molecule has 1 aliphatic heterocycles. The fourth-order valence-electron chi connectivity index (χ4n) is 2.40. The van der Waals surface area contributed by atoms with E-state index in [9.17, 15) is 19.3 Å². The maximum Gasteiger partial charge on any atom is 0.269 e. The molecule has 0 saturated carbocycles. The molecule has 0 spiro atoms. The molecule has 0 aromatic heterocycles. The number of rotatable bonds is 5. The van der Waals surface area contributed by atoms with Gasteiger partial charge in [-0.25, -0.2) is 4.39 Å². The highest BCUT2D eigenvalue weighted by molar-refractivity contribution is 6.04. The maximum atomic E-state index is 13.2. The number of nitro benzene ring substituents is 1. The normalized spacial score (nSPS) is 16.0. The van der Waals surface area contributed by atoms with Crippen molar-refractivity contribution in [1.82, 2.24) is 5.32 Å². The van der Waals surface area contributed by atoms with Gasteiger partial charge in [0.15, 0.2) is 0 Å². The number of hydrogen-bond donors (Lipinski definition) is 1. The van der Waals surface area contributed by atoms with E-state index in [0.717, 1.165) is 5.56 Å². The number of nitrogens with one attached hydrogen (secondary N) is 1. The molecule has 1 unspecified atom stereocenters. The van der Waals surface area contributed by atoms with Crippen molar-refractivity contribution in [2.24, 2.45) is 5.16 Å². The summed E-state index contributed by atoms with van der Waals surface area (Å²) in [4.78, 5) is 27.4. The smallest absolute Gasteiger partial charge is 0.269 e. The fourth-order valence-corrected chi connectivity index (χ4v) is 2.40. The first-order valence-electron chi connectivity index (χ1n) is 7.52. The molecule has 1 amide bonds. The molecule has 0 radical (unpaired) electrons. The highest BCUT2D eigenvalue weighted by atomic mass is 19.1. The number of amides is 1. The number of oxime groups is 1. The van der Waals surface area contributed by atoms with Crippen LogP contribution in [0.4, 0.5) is 10.1 Å². The van der Waals surface area contributed by atoms with Crippen molar-refractivity contribution >= 4 is 17.3 Å². The predicted octanol–water partition coefficient (Wildman–Crippen LogP) is 2.54. The van der Waals surface area contributed by atoms with Crippen molar-refractivity contribution in [1.29, 1.82) is 0 Å². The van der Waals surface area contributed by atoms with Gasteiger partial charge < -0.3 is 10.2 Å². The van der Waals surface area contributed by atoms with Crippen molar-refractivity contribution in [3.8, 4) is 0 Å². The number of non-ortho nitro benzene ring substituents is 1. The minimum Gasteiger partial charge on any atom is -0.382 e. The lowest BCUT2D eigenvalue weighted by molar-refractivity contribution is -0.384. The van der Waals surface area contributed by atoms with Crippen LogP contribution in [0.2, 0.25) is 0 Å². The number of nitro groups is 1. The molecule has 2 aromatic carbocycles. The first kappa shape index (κ1) is 16.6. The summed E-state index contributed by atoms with van der Waals surface area (Å²) in [5, 5.41) is 17.1. The van der Waals surface area contributed by atoms with Gasteiger partial charge in [0.1, 0.15) is 5.82 Å². The van der Waals surface area contributed by atoms with E-state index < -0.39 is 11.0 Å². The van der Waals surface area contributed by atoms with Crippen molar-refractivity contribution < 1.29 is 18.9 Å². The third-order valence-electron chi connectivity index (χ3n) is 3.73. The van der Waals surface area contributed by atoms with E-state index in [-0.39, 0.29) is 30.4 Å². The van der Waals surface area contributed by atoms with E-state index in [1.807, 2.05) is 0 Å². The number of halogens is 1. The molecule has 7 nitrogen and oxygen atoms in total. The van der Waals surface area contributed by atoms with E-state index in [2.05, 4.69) is 10.5 Å². The third kappa shape index (κ3) is 3.97. The summed E-state index contributed by atoms with van der Waals surface area (Å²) in [5.41, 5.74) is 1.80. The molecular weight excluding hydrogens is 329 g/mol. The number of nitrogens with zero attached hydrogens (tertiary/aromatic N) is 2. The van der Waals surface area contributed by atoms with Crippen molar-refractivity contribution in [2.75, 3.05) is 0 Å². The van der Waals surface area contributed by atoms with E-state index >= 15 is 0 Å². The number of carbonyl (C=O) groups excluding carboxylic acids is 1. The second-order valence-electron chi connectivity index (χ2n) is 5.49. The summed E-state index contributed by atoms with van der Waals surface area (Å²) in [5.74, 6) is -0.736. The molecule has 0 fully saturated rings. The molecule has 0 aliphatic carbocycles. The van der Waals surface area contributed by atoms with Crippen LogP contribution in [-0.4, -0.2) is 22.6 Å². The molecule has 3 rings (SSSR count). The topological polar surface area (TPSA) is 93.8 Å². The first-order valence-corrected chi connectivity index (χ1v) is 7.52. The zero-order valence-corrected chi connectivity index (χ0v) is 13.0. The molecule has 2 aromatic rings. The van der Waals surface area contributed by atoms with Gasteiger partial charge in [-0.2, -0.15) is 0 Å². The Kier molecular flexibility index (Phi) is 4.69. The Morgan fingerprint density at radius 3 is 2.76 bits per heavy atom. The van der Waals surface area contributed by atoms with Gasteiger partial charge in [-0.3, -0.25) is 14.9 Å². The molecular formula is C17H14FN3O4. The minimum atomic E-state index is -0.781. The van der Waals surface area contributed by atoms with Gasteiger partial charge >= 0.3 is 0 Å². The lowest BCUT2D eigenvalue weighted by atomic mass is 10.0. The van der Waals surface area contributed by atoms with Crippen molar-refractivity contribution in [3.05, 3.63) is 75.6 Å². The van der Waals surface area contributed by atoms with Crippen LogP contribution in [0.1, 0.15) is 17.5 Å². The first-order chi connectivity index (χ1) is 12.0. The molecule has 128 valence electrons. The molecule has 0 saturated heterocycles. The van der Waals surface area contributed by atoms with Crippen LogP contribution in [0.5, 0.6) is 0 Å². The van der Waals surface area contributed by atoms with E-state index in [1.54, 1.807) is 24.3 Å². The lowest BCUT2D eigenvalue weighted by Gasteiger charge is -2.09. The average molecular weight is 343 g/mol. The Morgan fingerprint density at radius 1 is 1.32 bits per heavy atom. The Balaban J connectivity index is 1.54. The molecule has 1 heterocycles. The van der Waals surface area contributed by atoms with Crippen LogP contribution >= 0.6 is 0 Å². The standard InChI is InChI=1S/C17H14FN3O4/c18-13-3-1-2-12(8-13)15-9-16(25-20-15)17(22)19-10-11-4-6-14(7-5-11)21(23)24/h1-8,16H,9-10H2,(H,19,22). The van der Waals surface area contributed by atoms with E-state index in [0.29, 0.717) is 11.3 Å². The summed E-state index contributed by atoms with van der Waals surface area (Å²) >= 11 is 0. The van der Waals surface area contributed by atoms with Gasteiger partial charge in [0.2, 0.25) is 6.10 Å². The van der Waals surface area contributed by atoms with Crippen LogP contribution in [0.15, 0.2) is 53.7 Å². The Morgan fingerprint density at radius 2 is 2.08 bits per heavy atom. The zero-order chi connectivity index (χ0) is 17.8. The van der Waals surface area contributed by atoms with Crippen molar-refractivity contribution in [2.45, 2.75) is 19.1 Å².